The molecule has 0 radical (unpaired) electrons. The first kappa shape index (κ1) is 15.1. The van der Waals surface area contributed by atoms with Crippen molar-refractivity contribution < 1.29 is 18.6 Å². The van der Waals surface area contributed by atoms with Gasteiger partial charge in [-0.05, 0) is 38.3 Å². The maximum Gasteiger partial charge on any atom is 0.263 e. The largest absolute Gasteiger partial charge is 0.388 e. The maximum absolute atomic E-state index is 12.5. The molecule has 0 aliphatic rings. The van der Waals surface area contributed by atoms with Crippen molar-refractivity contribution in [3.8, 4) is 0 Å². The van der Waals surface area contributed by atoms with Crippen LogP contribution < -0.4 is 0 Å². The fraction of sp³-hybridized carbons (Fsp3) is 0.571. The summed E-state index contributed by atoms with van der Waals surface area (Å²) in [5.41, 5.74) is 0.152. The molecule has 1 unspecified atom stereocenters. The SMILES string of the molecule is COC(C)(C)CCC(O)c1cccc(C(F)F)c1. The molecule has 0 aliphatic carbocycles. The van der Waals surface area contributed by atoms with Gasteiger partial charge in [0.1, 0.15) is 0 Å². The van der Waals surface area contributed by atoms with Crippen LogP contribution in [-0.2, 0) is 4.74 Å². The van der Waals surface area contributed by atoms with Crippen molar-refractivity contribution >= 4 is 0 Å². The molecule has 1 rings (SSSR count). The summed E-state index contributed by atoms with van der Waals surface area (Å²) >= 11 is 0. The number of alkyl halides is 2. The van der Waals surface area contributed by atoms with E-state index in [4.69, 9.17) is 4.74 Å². The van der Waals surface area contributed by atoms with E-state index in [9.17, 15) is 13.9 Å². The molecule has 0 spiro atoms. The van der Waals surface area contributed by atoms with Crippen LogP contribution in [0.15, 0.2) is 24.3 Å². The van der Waals surface area contributed by atoms with E-state index in [0.717, 1.165) is 0 Å². The van der Waals surface area contributed by atoms with Crippen LogP contribution >= 0.6 is 0 Å². The van der Waals surface area contributed by atoms with Crippen molar-refractivity contribution in [3.63, 3.8) is 0 Å². The molecule has 1 N–H and O–H groups in total. The van der Waals surface area contributed by atoms with Crippen LogP contribution in [0.1, 0.15) is 50.3 Å². The molecule has 0 fully saturated rings. The highest BCUT2D eigenvalue weighted by Gasteiger charge is 2.19. The van der Waals surface area contributed by atoms with Crippen molar-refractivity contribution in [2.75, 3.05) is 7.11 Å². The van der Waals surface area contributed by atoms with Crippen molar-refractivity contribution in [1.82, 2.24) is 0 Å². The lowest BCUT2D eigenvalue weighted by atomic mass is 9.96. The van der Waals surface area contributed by atoms with E-state index in [1.165, 1.54) is 12.1 Å². The van der Waals surface area contributed by atoms with Crippen molar-refractivity contribution in [2.24, 2.45) is 0 Å². The third-order valence-electron chi connectivity index (χ3n) is 3.12. The Labute approximate surface area is 107 Å². The number of rotatable bonds is 6. The average Bonchev–Trinajstić information content (AvgIpc) is 2.36. The molecule has 1 aromatic carbocycles. The van der Waals surface area contributed by atoms with E-state index in [0.29, 0.717) is 18.4 Å². The number of aliphatic hydroxyl groups excluding tert-OH is 1. The lowest BCUT2D eigenvalue weighted by Crippen LogP contribution is -2.23. The predicted molar refractivity (Wildman–Crippen MR) is 66.7 cm³/mol. The van der Waals surface area contributed by atoms with Gasteiger partial charge in [-0.3, -0.25) is 0 Å². The van der Waals surface area contributed by atoms with E-state index < -0.39 is 12.5 Å². The smallest absolute Gasteiger partial charge is 0.263 e. The van der Waals surface area contributed by atoms with Gasteiger partial charge in [-0.15, -0.1) is 0 Å². The van der Waals surface area contributed by atoms with Gasteiger partial charge in [0.2, 0.25) is 0 Å². The normalized spacial score (nSPS) is 13.9. The monoisotopic (exact) mass is 258 g/mol. The highest BCUT2D eigenvalue weighted by Crippen LogP contribution is 2.27. The minimum Gasteiger partial charge on any atom is -0.388 e. The number of hydrogen-bond donors (Lipinski definition) is 1. The first-order chi connectivity index (χ1) is 8.35. The zero-order chi connectivity index (χ0) is 13.8. The summed E-state index contributed by atoms with van der Waals surface area (Å²) in [5, 5.41) is 9.99. The topological polar surface area (TPSA) is 29.5 Å². The van der Waals surface area contributed by atoms with Crippen LogP contribution in [0.3, 0.4) is 0 Å². The molecule has 0 heterocycles. The average molecular weight is 258 g/mol. The summed E-state index contributed by atoms with van der Waals surface area (Å²) in [7, 11) is 1.61. The first-order valence-corrected chi connectivity index (χ1v) is 5.97. The maximum atomic E-state index is 12.5. The van der Waals surface area contributed by atoms with E-state index in [-0.39, 0.29) is 11.2 Å². The second kappa shape index (κ2) is 6.25. The molecule has 0 amide bonds. The van der Waals surface area contributed by atoms with E-state index in [1.807, 2.05) is 13.8 Å². The van der Waals surface area contributed by atoms with Gasteiger partial charge >= 0.3 is 0 Å². The van der Waals surface area contributed by atoms with Gasteiger partial charge in [0.25, 0.3) is 6.43 Å². The Hall–Kier alpha value is -1.00. The van der Waals surface area contributed by atoms with Crippen LogP contribution in [0.25, 0.3) is 0 Å². The molecular weight excluding hydrogens is 238 g/mol. The Kier molecular flexibility index (Phi) is 5.23. The van der Waals surface area contributed by atoms with Gasteiger partial charge in [-0.2, -0.15) is 0 Å². The zero-order valence-corrected chi connectivity index (χ0v) is 11.0. The minimum absolute atomic E-state index is 0.0578. The number of hydrogen-bond acceptors (Lipinski definition) is 2. The van der Waals surface area contributed by atoms with Gasteiger partial charge in [-0.1, -0.05) is 18.2 Å². The van der Waals surface area contributed by atoms with Crippen molar-refractivity contribution in [2.45, 2.75) is 44.8 Å². The van der Waals surface area contributed by atoms with Gasteiger partial charge in [-0.25, -0.2) is 8.78 Å². The van der Waals surface area contributed by atoms with Crippen LogP contribution in [0, 0.1) is 0 Å². The number of halogens is 2. The molecule has 1 aromatic rings. The number of aliphatic hydroxyl groups is 1. The lowest BCUT2D eigenvalue weighted by Gasteiger charge is -2.24. The second-order valence-electron chi connectivity index (χ2n) is 4.99. The zero-order valence-electron chi connectivity index (χ0n) is 11.0. The highest BCUT2D eigenvalue weighted by atomic mass is 19.3. The number of ether oxygens (including phenoxy) is 1. The van der Waals surface area contributed by atoms with Gasteiger partial charge in [0.15, 0.2) is 0 Å². The molecule has 0 saturated heterocycles. The number of methoxy groups -OCH3 is 1. The Bertz CT molecular complexity index is 378. The van der Waals surface area contributed by atoms with E-state index >= 15 is 0 Å². The fourth-order valence-corrected chi connectivity index (χ4v) is 1.66. The van der Waals surface area contributed by atoms with Crippen LogP contribution in [0.5, 0.6) is 0 Å². The van der Waals surface area contributed by atoms with Crippen LogP contribution in [-0.4, -0.2) is 17.8 Å². The lowest BCUT2D eigenvalue weighted by molar-refractivity contribution is 0.00275. The molecule has 102 valence electrons. The highest BCUT2D eigenvalue weighted by molar-refractivity contribution is 5.25. The molecule has 0 aromatic heterocycles. The standard InChI is InChI=1S/C14H20F2O2/c1-14(2,18-3)8-7-12(17)10-5-4-6-11(9-10)13(15)16/h4-6,9,12-13,17H,7-8H2,1-3H3. The molecule has 0 aliphatic heterocycles. The summed E-state index contributed by atoms with van der Waals surface area (Å²) in [5.74, 6) is 0. The Morgan fingerprint density at radius 2 is 1.89 bits per heavy atom. The number of benzene rings is 1. The first-order valence-electron chi connectivity index (χ1n) is 5.97. The summed E-state index contributed by atoms with van der Waals surface area (Å²) < 4.78 is 30.3. The van der Waals surface area contributed by atoms with Crippen LogP contribution in [0.4, 0.5) is 8.78 Å². The second-order valence-corrected chi connectivity index (χ2v) is 4.99. The van der Waals surface area contributed by atoms with Gasteiger partial charge < -0.3 is 9.84 Å². The predicted octanol–water partition coefficient (Wildman–Crippen LogP) is 3.86. The molecule has 2 nitrogen and oxygen atoms in total. The van der Waals surface area contributed by atoms with Crippen LogP contribution in [0.2, 0.25) is 0 Å². The minimum atomic E-state index is -2.51. The summed E-state index contributed by atoms with van der Waals surface area (Å²) in [4.78, 5) is 0. The summed E-state index contributed by atoms with van der Waals surface area (Å²) in [6.07, 6.45) is -2.11. The Morgan fingerprint density at radius 3 is 2.44 bits per heavy atom. The third-order valence-corrected chi connectivity index (χ3v) is 3.12. The quantitative estimate of drug-likeness (QED) is 0.839. The Morgan fingerprint density at radius 1 is 1.28 bits per heavy atom. The molecule has 18 heavy (non-hydrogen) atoms. The molecule has 4 heteroatoms. The van der Waals surface area contributed by atoms with Gasteiger partial charge in [0, 0.05) is 12.7 Å². The Balaban J connectivity index is 2.67. The van der Waals surface area contributed by atoms with E-state index in [2.05, 4.69) is 0 Å². The summed E-state index contributed by atoms with van der Waals surface area (Å²) in [6, 6.07) is 5.92. The van der Waals surface area contributed by atoms with Gasteiger partial charge in [0.05, 0.1) is 11.7 Å². The van der Waals surface area contributed by atoms with Crippen molar-refractivity contribution in [1.29, 1.82) is 0 Å². The molecular formula is C14H20F2O2. The van der Waals surface area contributed by atoms with Crippen molar-refractivity contribution in [3.05, 3.63) is 35.4 Å². The fourth-order valence-electron chi connectivity index (χ4n) is 1.66. The summed E-state index contributed by atoms with van der Waals surface area (Å²) in [6.45, 7) is 3.85. The molecule has 0 bridgehead atoms. The van der Waals surface area contributed by atoms with E-state index in [1.54, 1.807) is 19.2 Å². The molecule has 0 saturated carbocycles. The third kappa shape index (κ3) is 4.35. The molecule has 1 atom stereocenters.